The highest BCUT2D eigenvalue weighted by Crippen LogP contribution is 2.43. The molecule has 36 heavy (non-hydrogen) atoms. The van der Waals surface area contributed by atoms with E-state index in [4.69, 9.17) is 4.74 Å². The van der Waals surface area contributed by atoms with Crippen molar-refractivity contribution in [1.82, 2.24) is 19.6 Å². The molecule has 3 heterocycles. The van der Waals surface area contributed by atoms with Gasteiger partial charge in [-0.3, -0.25) is 9.20 Å². The molecule has 184 valence electrons. The number of thiazole rings is 1. The summed E-state index contributed by atoms with van der Waals surface area (Å²) < 4.78 is 7.42. The molecule has 1 N–H and O–H groups in total. The summed E-state index contributed by atoms with van der Waals surface area (Å²) in [5.41, 5.74) is 3.33. The quantitative estimate of drug-likeness (QED) is 0.398. The van der Waals surface area contributed by atoms with Crippen molar-refractivity contribution in [3.8, 4) is 17.0 Å². The Morgan fingerprint density at radius 3 is 2.78 bits per heavy atom. The third-order valence-electron chi connectivity index (χ3n) is 7.57. The summed E-state index contributed by atoms with van der Waals surface area (Å²) in [5.74, 6) is 1.32. The molecule has 2 aliphatic rings. The normalized spacial score (nSPS) is 21.0. The number of benzene rings is 2. The molecule has 1 aliphatic carbocycles. The van der Waals surface area contributed by atoms with Crippen LogP contribution in [0.2, 0.25) is 0 Å². The van der Waals surface area contributed by atoms with Gasteiger partial charge in [0, 0.05) is 30.2 Å². The largest absolute Gasteiger partial charge is 0.414 e. The number of aromatic nitrogens is 2. The molecule has 0 radical (unpaired) electrons. The van der Waals surface area contributed by atoms with Gasteiger partial charge in [-0.1, -0.05) is 55.0 Å². The highest BCUT2D eigenvalue weighted by atomic mass is 32.1. The molecule has 7 nitrogen and oxygen atoms in total. The molecule has 8 heteroatoms. The van der Waals surface area contributed by atoms with Crippen LogP contribution in [0.3, 0.4) is 0 Å². The number of rotatable bonds is 5. The number of carbonyl (C=O) groups is 2. The van der Waals surface area contributed by atoms with Gasteiger partial charge in [0.05, 0.1) is 6.04 Å². The lowest BCUT2D eigenvalue weighted by molar-refractivity contribution is 0.0711. The van der Waals surface area contributed by atoms with E-state index in [0.29, 0.717) is 35.5 Å². The van der Waals surface area contributed by atoms with Crippen molar-refractivity contribution in [3.05, 3.63) is 77.4 Å². The summed E-state index contributed by atoms with van der Waals surface area (Å²) in [6, 6.07) is 17.7. The van der Waals surface area contributed by atoms with Crippen molar-refractivity contribution in [3.63, 3.8) is 0 Å². The molecule has 6 rings (SSSR count). The van der Waals surface area contributed by atoms with E-state index in [1.165, 1.54) is 17.8 Å². The molecule has 2 fully saturated rings. The third-order valence-corrected chi connectivity index (χ3v) is 8.33. The molecular formula is C28H28N4O3S. The zero-order valence-electron chi connectivity index (χ0n) is 20.1. The average Bonchev–Trinajstić information content (AvgIpc) is 3.67. The number of hydrogen-bond acceptors (Lipinski definition) is 5. The van der Waals surface area contributed by atoms with E-state index in [1.54, 1.807) is 4.40 Å². The fourth-order valence-corrected chi connectivity index (χ4v) is 6.67. The van der Waals surface area contributed by atoms with Gasteiger partial charge in [-0.2, -0.15) is 0 Å². The second-order valence-corrected chi connectivity index (χ2v) is 10.5. The molecule has 0 unspecified atom stereocenters. The standard InChI is InChI=1S/C28H28N4O3S/c1-18-26(31-14-15-36-27(31)30-18)35-28(34)29-16-24-22-13-7-10-20(22)17-32(24)25(33)23-12-6-5-11-21(23)19-8-3-2-4-9-19/h2-6,8-9,11-12,14-15,20,22,24H,7,10,13,16-17H2,1H3,(H,29,34)/t20-,22-,24+/m0/s1. The second kappa shape index (κ2) is 9.43. The number of likely N-dealkylation sites (tertiary alicyclic amines) is 1. The van der Waals surface area contributed by atoms with E-state index < -0.39 is 6.09 Å². The van der Waals surface area contributed by atoms with Gasteiger partial charge >= 0.3 is 6.09 Å². The molecule has 2 amide bonds. The summed E-state index contributed by atoms with van der Waals surface area (Å²) in [5, 5.41) is 4.85. The molecule has 1 aliphatic heterocycles. The molecular weight excluding hydrogens is 472 g/mol. The molecule has 1 saturated heterocycles. The minimum atomic E-state index is -0.523. The Kier molecular flexibility index (Phi) is 5.97. The SMILES string of the molecule is Cc1nc2sccn2c1OC(=O)NC[C@@H]1[C@H]2CCC[C@H]2CN1C(=O)c1ccccc1-c1ccccc1. The smallest absolute Gasteiger partial charge is 0.391 e. The molecule has 2 aromatic carbocycles. The average molecular weight is 501 g/mol. The number of ether oxygens (including phenoxy) is 1. The van der Waals surface area contributed by atoms with Crippen molar-refractivity contribution in [2.45, 2.75) is 32.2 Å². The van der Waals surface area contributed by atoms with Crippen LogP contribution in [-0.4, -0.2) is 45.4 Å². The minimum Gasteiger partial charge on any atom is -0.391 e. The van der Waals surface area contributed by atoms with Crippen LogP contribution in [0.4, 0.5) is 4.79 Å². The lowest BCUT2D eigenvalue weighted by atomic mass is 9.93. The first-order chi connectivity index (χ1) is 17.6. The lowest BCUT2D eigenvalue weighted by Gasteiger charge is -2.29. The molecule has 2 aromatic heterocycles. The number of amides is 2. The number of hydrogen-bond donors (Lipinski definition) is 1. The monoisotopic (exact) mass is 500 g/mol. The zero-order chi connectivity index (χ0) is 24.6. The van der Waals surface area contributed by atoms with E-state index in [2.05, 4.69) is 10.3 Å². The predicted molar refractivity (Wildman–Crippen MR) is 139 cm³/mol. The Bertz CT molecular complexity index is 1410. The van der Waals surface area contributed by atoms with Crippen LogP contribution >= 0.6 is 11.3 Å². The minimum absolute atomic E-state index is 0.0237. The van der Waals surface area contributed by atoms with Crippen molar-refractivity contribution < 1.29 is 14.3 Å². The van der Waals surface area contributed by atoms with Crippen molar-refractivity contribution in [1.29, 1.82) is 0 Å². The lowest BCUT2D eigenvalue weighted by Crippen LogP contribution is -2.46. The van der Waals surface area contributed by atoms with Crippen LogP contribution in [0.1, 0.15) is 35.3 Å². The van der Waals surface area contributed by atoms with Gasteiger partial charge in [-0.15, -0.1) is 11.3 Å². The maximum atomic E-state index is 13.9. The van der Waals surface area contributed by atoms with Gasteiger partial charge in [0.2, 0.25) is 5.88 Å². The van der Waals surface area contributed by atoms with E-state index >= 15 is 0 Å². The molecule has 1 saturated carbocycles. The van der Waals surface area contributed by atoms with Crippen molar-refractivity contribution >= 4 is 28.3 Å². The highest BCUT2D eigenvalue weighted by molar-refractivity contribution is 7.15. The van der Waals surface area contributed by atoms with Gasteiger partial charge < -0.3 is 15.0 Å². The Morgan fingerprint density at radius 1 is 1.11 bits per heavy atom. The van der Waals surface area contributed by atoms with Crippen LogP contribution in [0, 0.1) is 18.8 Å². The summed E-state index contributed by atoms with van der Waals surface area (Å²) >= 11 is 1.49. The van der Waals surface area contributed by atoms with Crippen LogP contribution in [-0.2, 0) is 0 Å². The predicted octanol–water partition coefficient (Wildman–Crippen LogP) is 5.40. The first kappa shape index (κ1) is 22.8. The first-order valence-corrected chi connectivity index (χ1v) is 13.3. The van der Waals surface area contributed by atoms with E-state index in [0.717, 1.165) is 35.5 Å². The fraction of sp³-hybridized carbons (Fsp3) is 0.321. The maximum Gasteiger partial charge on any atom is 0.414 e. The van der Waals surface area contributed by atoms with Crippen LogP contribution in [0.15, 0.2) is 66.2 Å². The van der Waals surface area contributed by atoms with Crippen molar-refractivity contribution in [2.75, 3.05) is 13.1 Å². The van der Waals surface area contributed by atoms with Gasteiger partial charge in [0.1, 0.15) is 5.69 Å². The summed E-state index contributed by atoms with van der Waals surface area (Å²) in [7, 11) is 0. The fourth-order valence-electron chi connectivity index (χ4n) is 5.91. The molecule has 0 spiro atoms. The van der Waals surface area contributed by atoms with Crippen molar-refractivity contribution in [2.24, 2.45) is 11.8 Å². The van der Waals surface area contributed by atoms with E-state index in [9.17, 15) is 9.59 Å². The highest BCUT2D eigenvalue weighted by Gasteiger charge is 2.46. The Labute approximate surface area is 213 Å². The van der Waals surface area contributed by atoms with Gasteiger partial charge in [0.25, 0.3) is 5.91 Å². The molecule has 4 aromatic rings. The summed E-state index contributed by atoms with van der Waals surface area (Å²) in [6.45, 7) is 2.92. The summed E-state index contributed by atoms with van der Waals surface area (Å²) in [6.07, 6.45) is 4.69. The van der Waals surface area contributed by atoms with E-state index in [1.807, 2.05) is 78.0 Å². The van der Waals surface area contributed by atoms with Gasteiger partial charge in [-0.05, 0) is 48.8 Å². The first-order valence-electron chi connectivity index (χ1n) is 12.4. The third kappa shape index (κ3) is 4.05. The van der Waals surface area contributed by atoms with Crippen LogP contribution in [0.25, 0.3) is 16.1 Å². The maximum absolute atomic E-state index is 13.9. The number of fused-ring (bicyclic) bond motifs is 2. The summed E-state index contributed by atoms with van der Waals surface area (Å²) in [4.78, 5) is 33.9. The molecule has 0 bridgehead atoms. The van der Waals surface area contributed by atoms with Gasteiger partial charge in [0.15, 0.2) is 4.96 Å². The number of nitrogens with zero attached hydrogens (tertiary/aromatic N) is 3. The Balaban J connectivity index is 1.21. The Morgan fingerprint density at radius 2 is 1.92 bits per heavy atom. The van der Waals surface area contributed by atoms with Gasteiger partial charge in [-0.25, -0.2) is 9.78 Å². The number of nitrogens with one attached hydrogen (secondary N) is 1. The molecule has 3 atom stereocenters. The van der Waals surface area contributed by atoms with Crippen LogP contribution in [0.5, 0.6) is 5.88 Å². The topological polar surface area (TPSA) is 75.9 Å². The van der Waals surface area contributed by atoms with Crippen LogP contribution < -0.4 is 10.1 Å². The number of carbonyl (C=O) groups excluding carboxylic acids is 2. The Hall–Kier alpha value is -3.65. The second-order valence-electron chi connectivity index (χ2n) is 9.62. The van der Waals surface area contributed by atoms with E-state index in [-0.39, 0.29) is 11.9 Å². The zero-order valence-corrected chi connectivity index (χ0v) is 20.9. The number of imidazole rings is 1. The number of aryl methyl sites for hydroxylation is 1.